The van der Waals surface area contributed by atoms with E-state index in [2.05, 4.69) is 21.2 Å². The summed E-state index contributed by atoms with van der Waals surface area (Å²) in [5.74, 6) is -0.171. The Hall–Kier alpha value is -2.14. The van der Waals surface area contributed by atoms with Crippen molar-refractivity contribution >= 4 is 33.4 Å². The minimum atomic E-state index is -0.281. The molecule has 0 unspecified atom stereocenters. The minimum absolute atomic E-state index is 0.00525. The zero-order valence-corrected chi connectivity index (χ0v) is 15.0. The van der Waals surface area contributed by atoms with E-state index in [-0.39, 0.29) is 24.4 Å². The van der Waals surface area contributed by atoms with E-state index in [0.29, 0.717) is 6.42 Å². The third-order valence-electron chi connectivity index (χ3n) is 4.11. The Labute approximate surface area is 150 Å². The number of carbonyl (C=O) groups is 2. The molecule has 2 aromatic carbocycles. The van der Waals surface area contributed by atoms with Gasteiger partial charge in [0, 0.05) is 22.1 Å². The molecule has 3 rings (SSSR count). The highest BCUT2D eigenvalue weighted by atomic mass is 79.9. The second-order valence-electron chi connectivity index (χ2n) is 5.86. The quantitative estimate of drug-likeness (QED) is 0.862. The Bertz CT molecular complexity index is 761. The maximum Gasteiger partial charge on any atom is 0.244 e. The number of nitrogens with zero attached hydrogens (tertiary/aromatic N) is 1. The van der Waals surface area contributed by atoms with Gasteiger partial charge in [-0.05, 0) is 30.2 Å². The molecule has 1 N–H and O–H groups in total. The summed E-state index contributed by atoms with van der Waals surface area (Å²) in [6, 6.07) is 15.3. The summed E-state index contributed by atoms with van der Waals surface area (Å²) in [4.78, 5) is 26.7. The Morgan fingerprint density at radius 2 is 2.00 bits per heavy atom. The fourth-order valence-corrected chi connectivity index (χ4v) is 3.44. The van der Waals surface area contributed by atoms with E-state index >= 15 is 0 Å². The van der Waals surface area contributed by atoms with Gasteiger partial charge in [0.2, 0.25) is 11.8 Å². The minimum Gasteiger partial charge on any atom is -0.324 e. The highest BCUT2D eigenvalue weighted by molar-refractivity contribution is 9.10. The molecule has 0 saturated carbocycles. The van der Waals surface area contributed by atoms with Crippen LogP contribution in [0.15, 0.2) is 53.0 Å². The summed E-state index contributed by atoms with van der Waals surface area (Å²) in [6.07, 6.45) is 1.18. The van der Waals surface area contributed by atoms with Gasteiger partial charge in [-0.1, -0.05) is 53.2 Å². The first-order valence-electron chi connectivity index (χ1n) is 8.04. The number of hydrogen-bond acceptors (Lipinski definition) is 2. The molecule has 0 spiro atoms. The fourth-order valence-electron chi connectivity index (χ4n) is 3.06. The molecular weight excluding hydrogens is 368 g/mol. The van der Waals surface area contributed by atoms with Crippen LogP contribution in [0.5, 0.6) is 0 Å². The van der Waals surface area contributed by atoms with E-state index in [0.717, 1.165) is 27.7 Å². The van der Waals surface area contributed by atoms with Gasteiger partial charge in [0.15, 0.2) is 0 Å². The molecule has 0 saturated heterocycles. The second-order valence-corrected chi connectivity index (χ2v) is 6.78. The van der Waals surface area contributed by atoms with Gasteiger partial charge in [-0.15, -0.1) is 0 Å². The third-order valence-corrected chi connectivity index (χ3v) is 4.60. The molecule has 5 heteroatoms. The van der Waals surface area contributed by atoms with Crippen LogP contribution in [-0.4, -0.2) is 23.3 Å². The maximum absolute atomic E-state index is 12.7. The Morgan fingerprint density at radius 1 is 1.25 bits per heavy atom. The first-order chi connectivity index (χ1) is 11.6. The van der Waals surface area contributed by atoms with Crippen molar-refractivity contribution in [3.05, 3.63) is 64.1 Å². The number of fused-ring (bicyclic) bond motifs is 1. The van der Waals surface area contributed by atoms with Crippen molar-refractivity contribution < 1.29 is 9.59 Å². The van der Waals surface area contributed by atoms with Gasteiger partial charge in [0.05, 0.1) is 6.04 Å². The van der Waals surface area contributed by atoms with Crippen LogP contribution >= 0.6 is 15.9 Å². The molecule has 4 nitrogen and oxygen atoms in total. The standard InChI is InChI=1S/C19H19BrN2O2/c1-2-6-18(24)22-12-17(23)21-16-10-9-14(20)11-15(16)19(22)13-7-4-3-5-8-13/h3-5,7-11,19H,2,6,12H2,1H3,(H,21,23)/t19-/m1/s1. The van der Waals surface area contributed by atoms with Gasteiger partial charge in [0.1, 0.15) is 6.54 Å². The first kappa shape index (κ1) is 16.7. The van der Waals surface area contributed by atoms with E-state index in [9.17, 15) is 9.59 Å². The molecule has 1 aliphatic heterocycles. The molecule has 1 aliphatic rings. The molecule has 1 atom stereocenters. The number of nitrogens with one attached hydrogen (secondary N) is 1. The lowest BCUT2D eigenvalue weighted by Crippen LogP contribution is -2.38. The summed E-state index contributed by atoms with van der Waals surface area (Å²) in [7, 11) is 0. The van der Waals surface area contributed by atoms with Crippen molar-refractivity contribution in [2.75, 3.05) is 11.9 Å². The summed E-state index contributed by atoms with van der Waals surface area (Å²) in [5.41, 5.74) is 2.67. The summed E-state index contributed by atoms with van der Waals surface area (Å²) in [5, 5.41) is 2.92. The molecule has 1 heterocycles. The van der Waals surface area contributed by atoms with E-state index in [1.807, 2.05) is 55.5 Å². The van der Waals surface area contributed by atoms with Crippen molar-refractivity contribution in [3.63, 3.8) is 0 Å². The van der Waals surface area contributed by atoms with Gasteiger partial charge in [-0.25, -0.2) is 0 Å². The van der Waals surface area contributed by atoms with Crippen LogP contribution in [0.25, 0.3) is 0 Å². The van der Waals surface area contributed by atoms with E-state index in [4.69, 9.17) is 0 Å². The molecule has 24 heavy (non-hydrogen) atoms. The first-order valence-corrected chi connectivity index (χ1v) is 8.83. The van der Waals surface area contributed by atoms with E-state index in [1.165, 1.54) is 0 Å². The number of benzene rings is 2. The zero-order chi connectivity index (χ0) is 17.1. The van der Waals surface area contributed by atoms with Gasteiger partial charge in [0.25, 0.3) is 0 Å². The maximum atomic E-state index is 12.7. The van der Waals surface area contributed by atoms with Crippen molar-refractivity contribution in [2.24, 2.45) is 0 Å². The van der Waals surface area contributed by atoms with Crippen LogP contribution in [-0.2, 0) is 9.59 Å². The Balaban J connectivity index is 2.17. The topological polar surface area (TPSA) is 49.4 Å². The van der Waals surface area contributed by atoms with Crippen LogP contribution in [0.3, 0.4) is 0 Å². The smallest absolute Gasteiger partial charge is 0.244 e. The molecule has 2 amide bonds. The molecule has 0 bridgehead atoms. The Morgan fingerprint density at radius 3 is 2.71 bits per heavy atom. The number of carbonyl (C=O) groups excluding carboxylic acids is 2. The predicted molar refractivity (Wildman–Crippen MR) is 97.7 cm³/mol. The third kappa shape index (κ3) is 3.36. The fraction of sp³-hybridized carbons (Fsp3) is 0.263. The largest absolute Gasteiger partial charge is 0.324 e. The molecule has 124 valence electrons. The lowest BCUT2D eigenvalue weighted by atomic mass is 9.95. The molecule has 2 aromatic rings. The second kappa shape index (κ2) is 7.18. The van der Waals surface area contributed by atoms with Gasteiger partial charge >= 0.3 is 0 Å². The number of halogens is 1. The lowest BCUT2D eigenvalue weighted by molar-refractivity contribution is -0.136. The van der Waals surface area contributed by atoms with E-state index < -0.39 is 0 Å². The molecule has 0 fully saturated rings. The number of amides is 2. The van der Waals surface area contributed by atoms with Crippen molar-refractivity contribution in [2.45, 2.75) is 25.8 Å². The molecule has 0 aromatic heterocycles. The van der Waals surface area contributed by atoms with E-state index in [1.54, 1.807) is 4.90 Å². The monoisotopic (exact) mass is 386 g/mol. The van der Waals surface area contributed by atoms with Crippen LogP contribution in [0.2, 0.25) is 0 Å². The molecule has 0 radical (unpaired) electrons. The predicted octanol–water partition coefficient (Wildman–Crippen LogP) is 4.12. The van der Waals surface area contributed by atoms with Crippen LogP contribution in [0.1, 0.15) is 36.9 Å². The normalized spacial score (nSPS) is 17.0. The lowest BCUT2D eigenvalue weighted by Gasteiger charge is -2.30. The van der Waals surface area contributed by atoms with Gasteiger partial charge < -0.3 is 10.2 Å². The van der Waals surface area contributed by atoms with Crippen LogP contribution in [0.4, 0.5) is 5.69 Å². The van der Waals surface area contributed by atoms with Crippen LogP contribution < -0.4 is 5.32 Å². The summed E-state index contributed by atoms with van der Waals surface area (Å²) >= 11 is 3.50. The van der Waals surface area contributed by atoms with Crippen LogP contribution in [0, 0.1) is 0 Å². The number of hydrogen-bond donors (Lipinski definition) is 1. The van der Waals surface area contributed by atoms with Crippen molar-refractivity contribution in [3.8, 4) is 0 Å². The number of anilines is 1. The summed E-state index contributed by atoms with van der Waals surface area (Å²) in [6.45, 7) is 2.03. The molecule has 0 aliphatic carbocycles. The summed E-state index contributed by atoms with van der Waals surface area (Å²) < 4.78 is 0.918. The zero-order valence-electron chi connectivity index (χ0n) is 13.5. The van der Waals surface area contributed by atoms with Gasteiger partial charge in [-0.2, -0.15) is 0 Å². The van der Waals surface area contributed by atoms with Gasteiger partial charge in [-0.3, -0.25) is 9.59 Å². The Kier molecular flexibility index (Phi) is 5.00. The average molecular weight is 387 g/mol. The highest BCUT2D eigenvalue weighted by Gasteiger charge is 2.32. The van der Waals surface area contributed by atoms with Crippen molar-refractivity contribution in [1.29, 1.82) is 0 Å². The van der Waals surface area contributed by atoms with Crippen molar-refractivity contribution in [1.82, 2.24) is 4.90 Å². The SMILES string of the molecule is CCCC(=O)N1CC(=O)Nc2ccc(Br)cc2[C@H]1c1ccccc1. The highest BCUT2D eigenvalue weighted by Crippen LogP contribution is 2.37. The average Bonchev–Trinajstić information content (AvgIpc) is 2.71. The number of rotatable bonds is 3. The molecular formula is C19H19BrN2O2.